The van der Waals surface area contributed by atoms with Crippen LogP contribution >= 0.6 is 23.8 Å². The summed E-state index contributed by atoms with van der Waals surface area (Å²) < 4.78 is 5.04. The minimum atomic E-state index is 0.665. The summed E-state index contributed by atoms with van der Waals surface area (Å²) in [6, 6.07) is 6.21. The van der Waals surface area contributed by atoms with E-state index in [0.717, 1.165) is 43.3 Å². The molecule has 4 rings (SSSR count). The normalized spacial score (nSPS) is 15.1. The standard InChI is InChI=1S/C17H20ClN5S/c1-21-7-5-15-13(10-21)12-9-11(18)3-4-14(12)23(15)8-6-16-19-20-17(24)22(16)2/h3-4,9H,5-8,10H2,1-2H3,(H,20,24). The summed E-state index contributed by atoms with van der Waals surface area (Å²) in [4.78, 5) is 2.37. The van der Waals surface area contributed by atoms with Crippen LogP contribution in [0.1, 0.15) is 17.1 Å². The number of nitrogens with zero attached hydrogens (tertiary/aromatic N) is 4. The van der Waals surface area contributed by atoms with E-state index >= 15 is 0 Å². The Hall–Kier alpha value is -1.63. The molecule has 3 heterocycles. The number of H-pyrrole nitrogens is 1. The predicted molar refractivity (Wildman–Crippen MR) is 99.1 cm³/mol. The molecule has 1 aliphatic heterocycles. The number of likely N-dealkylation sites (N-methyl/N-ethyl adjacent to an activating group) is 1. The van der Waals surface area contributed by atoms with Crippen LogP contribution in [-0.2, 0) is 33.0 Å². The van der Waals surface area contributed by atoms with E-state index in [1.165, 1.54) is 22.2 Å². The quantitative estimate of drug-likeness (QED) is 0.728. The molecule has 24 heavy (non-hydrogen) atoms. The predicted octanol–water partition coefficient (Wildman–Crippen LogP) is 3.32. The van der Waals surface area contributed by atoms with Gasteiger partial charge in [-0.1, -0.05) is 11.6 Å². The lowest BCUT2D eigenvalue weighted by molar-refractivity contribution is 0.309. The van der Waals surface area contributed by atoms with Crippen LogP contribution in [0.25, 0.3) is 10.9 Å². The van der Waals surface area contributed by atoms with Crippen LogP contribution in [0.4, 0.5) is 0 Å². The van der Waals surface area contributed by atoms with Gasteiger partial charge in [0, 0.05) is 61.1 Å². The maximum absolute atomic E-state index is 6.25. The van der Waals surface area contributed by atoms with Crippen molar-refractivity contribution in [3.05, 3.63) is 45.1 Å². The van der Waals surface area contributed by atoms with E-state index in [9.17, 15) is 0 Å². The molecule has 0 bridgehead atoms. The van der Waals surface area contributed by atoms with Gasteiger partial charge in [-0.15, -0.1) is 0 Å². The molecule has 0 saturated heterocycles. The molecule has 1 aliphatic rings. The lowest BCUT2D eigenvalue weighted by atomic mass is 10.1. The molecule has 0 saturated carbocycles. The van der Waals surface area contributed by atoms with Crippen molar-refractivity contribution >= 4 is 34.7 Å². The molecular weight excluding hydrogens is 342 g/mol. The Morgan fingerprint density at radius 3 is 2.92 bits per heavy atom. The van der Waals surface area contributed by atoms with Crippen LogP contribution in [0.15, 0.2) is 18.2 Å². The molecule has 0 fully saturated rings. The molecule has 0 spiro atoms. The Morgan fingerprint density at radius 2 is 2.17 bits per heavy atom. The summed E-state index contributed by atoms with van der Waals surface area (Å²) in [7, 11) is 4.13. The highest BCUT2D eigenvalue weighted by molar-refractivity contribution is 7.71. The molecule has 0 amide bonds. The number of halogens is 1. The summed E-state index contributed by atoms with van der Waals surface area (Å²) in [6.45, 7) is 2.96. The van der Waals surface area contributed by atoms with Crippen molar-refractivity contribution in [3.63, 3.8) is 0 Å². The number of fused-ring (bicyclic) bond motifs is 3. The van der Waals surface area contributed by atoms with Crippen molar-refractivity contribution in [3.8, 4) is 0 Å². The fourth-order valence-electron chi connectivity index (χ4n) is 3.63. The van der Waals surface area contributed by atoms with Crippen LogP contribution < -0.4 is 0 Å². The second-order valence-corrected chi connectivity index (χ2v) is 7.30. The van der Waals surface area contributed by atoms with E-state index in [-0.39, 0.29) is 0 Å². The number of aromatic nitrogens is 4. The summed E-state index contributed by atoms with van der Waals surface area (Å²) in [5, 5.41) is 9.27. The molecule has 126 valence electrons. The SMILES string of the molecule is CN1CCc2c(c3cc(Cl)ccc3n2CCc2n[nH]c(=S)n2C)C1. The zero-order valence-corrected chi connectivity index (χ0v) is 15.4. The molecule has 1 aromatic carbocycles. The highest BCUT2D eigenvalue weighted by Gasteiger charge is 2.22. The largest absolute Gasteiger partial charge is 0.344 e. The number of benzene rings is 1. The Balaban J connectivity index is 1.77. The van der Waals surface area contributed by atoms with Crippen molar-refractivity contribution in [1.82, 2.24) is 24.2 Å². The number of aromatic amines is 1. The Kier molecular flexibility index (Phi) is 3.98. The summed E-state index contributed by atoms with van der Waals surface area (Å²) in [5.74, 6) is 0.984. The minimum Gasteiger partial charge on any atom is -0.344 e. The third-order valence-electron chi connectivity index (χ3n) is 4.94. The lowest BCUT2D eigenvalue weighted by Crippen LogP contribution is -2.27. The van der Waals surface area contributed by atoms with Gasteiger partial charge < -0.3 is 14.0 Å². The highest BCUT2D eigenvalue weighted by Crippen LogP contribution is 2.32. The van der Waals surface area contributed by atoms with Gasteiger partial charge in [0.2, 0.25) is 0 Å². The molecule has 0 unspecified atom stereocenters. The van der Waals surface area contributed by atoms with Crippen LogP contribution in [0.5, 0.6) is 0 Å². The second-order valence-electron chi connectivity index (χ2n) is 6.48. The molecule has 0 radical (unpaired) electrons. The highest BCUT2D eigenvalue weighted by atomic mass is 35.5. The van der Waals surface area contributed by atoms with Crippen molar-refractivity contribution in [2.45, 2.75) is 25.9 Å². The number of aryl methyl sites for hydroxylation is 2. The van der Waals surface area contributed by atoms with Gasteiger partial charge in [0.15, 0.2) is 4.77 Å². The Morgan fingerprint density at radius 1 is 1.33 bits per heavy atom. The first-order valence-corrected chi connectivity index (χ1v) is 8.91. The zero-order valence-electron chi connectivity index (χ0n) is 13.8. The molecule has 2 aromatic heterocycles. The molecule has 0 aliphatic carbocycles. The van der Waals surface area contributed by atoms with Crippen molar-refractivity contribution in [1.29, 1.82) is 0 Å². The van der Waals surface area contributed by atoms with Crippen LogP contribution in [-0.4, -0.2) is 37.8 Å². The molecule has 0 atom stereocenters. The number of hydrogen-bond donors (Lipinski definition) is 1. The first-order valence-electron chi connectivity index (χ1n) is 8.13. The van der Waals surface area contributed by atoms with Crippen LogP contribution in [0.3, 0.4) is 0 Å². The summed E-state index contributed by atoms with van der Waals surface area (Å²) >= 11 is 11.5. The second kappa shape index (κ2) is 6.02. The topological polar surface area (TPSA) is 41.8 Å². The summed E-state index contributed by atoms with van der Waals surface area (Å²) in [5.41, 5.74) is 4.11. The third-order valence-corrected chi connectivity index (χ3v) is 5.54. The van der Waals surface area contributed by atoms with Gasteiger partial charge in [-0.3, -0.25) is 5.10 Å². The average molecular weight is 362 g/mol. The van der Waals surface area contributed by atoms with Gasteiger partial charge in [0.05, 0.1) is 0 Å². The Labute approximate surface area is 150 Å². The molecule has 3 aromatic rings. The molecular formula is C17H20ClN5S. The monoisotopic (exact) mass is 361 g/mol. The van der Waals surface area contributed by atoms with E-state index in [1.807, 2.05) is 17.7 Å². The molecule has 7 heteroatoms. The van der Waals surface area contributed by atoms with Crippen LogP contribution in [0.2, 0.25) is 5.02 Å². The van der Waals surface area contributed by atoms with Gasteiger partial charge in [-0.2, -0.15) is 5.10 Å². The van der Waals surface area contributed by atoms with Gasteiger partial charge in [-0.05, 0) is 43.0 Å². The van der Waals surface area contributed by atoms with Gasteiger partial charge in [0.25, 0.3) is 0 Å². The average Bonchev–Trinajstić information content (AvgIpc) is 3.04. The van der Waals surface area contributed by atoms with E-state index in [4.69, 9.17) is 23.8 Å². The van der Waals surface area contributed by atoms with Gasteiger partial charge >= 0.3 is 0 Å². The molecule has 1 N–H and O–H groups in total. The fourth-order valence-corrected chi connectivity index (χ4v) is 3.95. The van der Waals surface area contributed by atoms with E-state index in [0.29, 0.717) is 4.77 Å². The number of rotatable bonds is 3. The van der Waals surface area contributed by atoms with Gasteiger partial charge in [-0.25, -0.2) is 0 Å². The van der Waals surface area contributed by atoms with Crippen molar-refractivity contribution < 1.29 is 0 Å². The first kappa shape index (κ1) is 15.9. The zero-order chi connectivity index (χ0) is 16.8. The fraction of sp³-hybridized carbons (Fsp3) is 0.412. The number of hydrogen-bond acceptors (Lipinski definition) is 3. The third kappa shape index (κ3) is 2.59. The van der Waals surface area contributed by atoms with E-state index in [2.05, 4.69) is 38.8 Å². The van der Waals surface area contributed by atoms with E-state index < -0.39 is 0 Å². The first-order chi connectivity index (χ1) is 11.5. The maximum Gasteiger partial charge on any atom is 0.194 e. The number of nitrogens with one attached hydrogen (secondary N) is 1. The Bertz CT molecular complexity index is 967. The summed E-state index contributed by atoms with van der Waals surface area (Å²) in [6.07, 6.45) is 1.91. The van der Waals surface area contributed by atoms with E-state index in [1.54, 1.807) is 0 Å². The van der Waals surface area contributed by atoms with Gasteiger partial charge in [0.1, 0.15) is 5.82 Å². The smallest absolute Gasteiger partial charge is 0.194 e. The maximum atomic E-state index is 6.25. The van der Waals surface area contributed by atoms with Crippen LogP contribution in [0, 0.1) is 4.77 Å². The minimum absolute atomic E-state index is 0.665. The molecule has 5 nitrogen and oxygen atoms in total. The van der Waals surface area contributed by atoms with Crippen molar-refractivity contribution in [2.75, 3.05) is 13.6 Å². The lowest BCUT2D eigenvalue weighted by Gasteiger charge is -2.24. The van der Waals surface area contributed by atoms with Crippen molar-refractivity contribution in [2.24, 2.45) is 7.05 Å².